The van der Waals surface area contributed by atoms with Crippen LogP contribution in [-0.4, -0.2) is 119 Å². The summed E-state index contributed by atoms with van der Waals surface area (Å²) in [5.74, 6) is -4.78. The van der Waals surface area contributed by atoms with Gasteiger partial charge in [-0.25, -0.2) is 35.9 Å². The summed E-state index contributed by atoms with van der Waals surface area (Å²) in [6.07, 6.45) is -0.931. The number of carbonyl (C=O) groups is 2. The molecule has 0 saturated carbocycles. The second-order valence-corrected chi connectivity index (χ2v) is 17.2. The maximum atomic E-state index is 17.5. The minimum absolute atomic E-state index is 0.00537. The number of nitrogens with one attached hydrogen (secondary N) is 1. The maximum Gasteiger partial charge on any atom is 0.415 e. The highest BCUT2D eigenvalue weighted by atomic mass is 19.3. The van der Waals surface area contributed by atoms with Gasteiger partial charge >= 0.3 is 18.2 Å². The largest absolute Gasteiger partial charge is 0.461 e. The first-order valence-corrected chi connectivity index (χ1v) is 20.5. The molecule has 0 unspecified atom stereocenters. The number of likely N-dealkylation sites (tertiary alicyclic amines) is 1. The van der Waals surface area contributed by atoms with E-state index in [-0.39, 0.29) is 129 Å². The molecule has 320 valence electrons. The van der Waals surface area contributed by atoms with Gasteiger partial charge < -0.3 is 29.3 Å². The van der Waals surface area contributed by atoms with Gasteiger partial charge in [-0.15, -0.1) is 0 Å². The summed E-state index contributed by atoms with van der Waals surface area (Å²) < 4.78 is 110. The molecule has 2 amide bonds. The predicted octanol–water partition coefficient (Wildman–Crippen LogP) is 7.68. The standard InChI is InChI=1S/C42H45F6N7O5/c1-40-16-25(43)19-54(21-40)36-30-18-49-34(33(46)35(30)50-37(51-36)59-23-41-9-5-12-55(41)20-26(44)17-41)29-15-27(60-39(57)53-11-3-2-10-42(47,48)22-53)14-24-7-8-31(45)28(32(24)29)6-4-13-58-38(56)52-40/h7-8,14-15,18,25-26H,2-6,9-13,16-17,19-23H2,1H3,(H,52,56)/t25-,26-,40-,41+/m1/s1. The van der Waals surface area contributed by atoms with Crippen LogP contribution in [0.15, 0.2) is 30.5 Å². The van der Waals surface area contributed by atoms with Crippen molar-refractivity contribution < 1.29 is 50.1 Å². The zero-order chi connectivity index (χ0) is 42.0. The molecule has 8 heterocycles. The number of anilines is 1. The summed E-state index contributed by atoms with van der Waals surface area (Å²) >= 11 is 0. The van der Waals surface area contributed by atoms with Crippen molar-refractivity contribution in [2.45, 2.75) is 94.1 Å². The summed E-state index contributed by atoms with van der Waals surface area (Å²) in [5.41, 5.74) is -2.21. The molecule has 4 saturated heterocycles. The molecule has 0 aliphatic carbocycles. The number of alkyl halides is 4. The van der Waals surface area contributed by atoms with E-state index in [0.717, 1.165) is 11.3 Å². The third kappa shape index (κ3) is 7.71. The molecule has 1 N–H and O–H groups in total. The van der Waals surface area contributed by atoms with E-state index in [4.69, 9.17) is 14.2 Å². The van der Waals surface area contributed by atoms with Crippen LogP contribution < -0.4 is 19.7 Å². The van der Waals surface area contributed by atoms with Crippen LogP contribution in [0.4, 0.5) is 41.7 Å². The number of alkyl carbamates (subject to hydrolysis) is 1. The second-order valence-electron chi connectivity index (χ2n) is 17.2. The van der Waals surface area contributed by atoms with Gasteiger partial charge in [-0.05, 0) is 86.5 Å². The van der Waals surface area contributed by atoms with E-state index < -0.39 is 59.7 Å². The highest BCUT2D eigenvalue weighted by Crippen LogP contribution is 2.43. The Labute approximate surface area is 341 Å². The van der Waals surface area contributed by atoms with Crippen LogP contribution in [-0.2, 0) is 11.2 Å². The number of pyridine rings is 1. The van der Waals surface area contributed by atoms with Crippen LogP contribution in [0.2, 0.25) is 0 Å². The summed E-state index contributed by atoms with van der Waals surface area (Å²) in [6.45, 7) is 1.58. The van der Waals surface area contributed by atoms with Crippen molar-refractivity contribution in [3.8, 4) is 23.0 Å². The van der Waals surface area contributed by atoms with E-state index in [1.807, 2.05) is 4.90 Å². The lowest BCUT2D eigenvalue weighted by molar-refractivity contribution is -0.0252. The number of aromatic nitrogens is 3. The van der Waals surface area contributed by atoms with Crippen molar-refractivity contribution >= 4 is 39.7 Å². The average molecular weight is 842 g/mol. The lowest BCUT2D eigenvalue weighted by atomic mass is 9.90. The van der Waals surface area contributed by atoms with Gasteiger partial charge in [-0.3, -0.25) is 9.88 Å². The number of aryl methyl sites for hydroxylation is 1. The van der Waals surface area contributed by atoms with Crippen LogP contribution in [0.25, 0.3) is 32.9 Å². The Bertz CT molecular complexity index is 2360. The molecule has 12 nitrogen and oxygen atoms in total. The number of benzene rings is 2. The first kappa shape index (κ1) is 40.3. The van der Waals surface area contributed by atoms with Crippen molar-refractivity contribution in [2.75, 3.05) is 57.4 Å². The minimum atomic E-state index is -3.11. The lowest BCUT2D eigenvalue weighted by Gasteiger charge is -2.42. The van der Waals surface area contributed by atoms with Gasteiger partial charge in [0.1, 0.15) is 47.5 Å². The smallest absolute Gasteiger partial charge is 0.415 e. The molecule has 4 aromatic rings. The molecule has 60 heavy (non-hydrogen) atoms. The number of hydrogen-bond acceptors (Lipinski definition) is 10. The first-order valence-electron chi connectivity index (χ1n) is 20.5. The van der Waals surface area contributed by atoms with Crippen LogP contribution in [0.5, 0.6) is 11.8 Å². The van der Waals surface area contributed by atoms with Gasteiger partial charge in [0.2, 0.25) is 0 Å². The van der Waals surface area contributed by atoms with Crippen molar-refractivity contribution in [2.24, 2.45) is 0 Å². The first-order chi connectivity index (χ1) is 28.7. The molecule has 6 bridgehead atoms. The minimum Gasteiger partial charge on any atom is -0.461 e. The summed E-state index contributed by atoms with van der Waals surface area (Å²) in [7, 11) is 0. The molecule has 18 heteroatoms. The number of carbonyl (C=O) groups excluding carboxylic acids is 2. The quantitative estimate of drug-likeness (QED) is 0.205. The normalized spacial score (nSPS) is 27.1. The molecule has 2 aromatic heterocycles. The van der Waals surface area contributed by atoms with Crippen LogP contribution in [0.1, 0.15) is 63.9 Å². The fourth-order valence-corrected chi connectivity index (χ4v) is 9.88. The lowest BCUT2D eigenvalue weighted by Crippen LogP contribution is -2.60. The molecule has 2 aromatic carbocycles. The Morgan fingerprint density at radius 2 is 1.83 bits per heavy atom. The third-order valence-electron chi connectivity index (χ3n) is 12.5. The van der Waals surface area contributed by atoms with Crippen molar-refractivity contribution in [1.82, 2.24) is 30.1 Å². The number of nitrogens with zero attached hydrogens (tertiary/aromatic N) is 6. The van der Waals surface area contributed by atoms with E-state index in [1.165, 1.54) is 30.5 Å². The van der Waals surface area contributed by atoms with Crippen molar-refractivity contribution in [1.29, 1.82) is 0 Å². The zero-order valence-electron chi connectivity index (χ0n) is 33.1. The number of hydrogen-bond donors (Lipinski definition) is 1. The number of piperidine rings is 1. The third-order valence-corrected chi connectivity index (χ3v) is 12.5. The SMILES string of the molecule is C[C@@]12C[C@@H](F)CN(C1)c1nc(OC[C@@]34CCCN3C[C@H](F)C4)nc3c(F)c(ncc13)-c1cc(OC(=O)N3CCCCC(F)(F)C3)cc3ccc(F)c(c13)CCCOC(=O)N2. The number of ether oxygens (including phenoxy) is 3. The van der Waals surface area contributed by atoms with Crippen LogP contribution in [0.3, 0.4) is 0 Å². The molecule has 4 fully saturated rings. The van der Waals surface area contributed by atoms with Gasteiger partial charge in [0.25, 0.3) is 5.92 Å². The van der Waals surface area contributed by atoms with Gasteiger partial charge in [0.15, 0.2) is 5.82 Å². The molecular formula is C42H45F6N7O5. The summed E-state index contributed by atoms with van der Waals surface area (Å²) in [5, 5.41) is 3.40. The Hall–Kier alpha value is -5.13. The number of amides is 2. The fraction of sp³-hybridized carbons (Fsp3) is 0.548. The number of fused-ring (bicyclic) bond motifs is 7. The van der Waals surface area contributed by atoms with E-state index >= 15 is 13.2 Å². The van der Waals surface area contributed by atoms with Gasteiger partial charge in [0.05, 0.1) is 36.2 Å². The molecule has 4 atom stereocenters. The fourth-order valence-electron chi connectivity index (χ4n) is 9.88. The maximum absolute atomic E-state index is 17.5. The highest BCUT2D eigenvalue weighted by molar-refractivity contribution is 6.02. The molecule has 6 aliphatic heterocycles. The number of rotatable bonds is 4. The molecule has 6 aliphatic rings. The summed E-state index contributed by atoms with van der Waals surface area (Å²) in [4.78, 5) is 44.8. The van der Waals surface area contributed by atoms with Crippen molar-refractivity contribution in [3.63, 3.8) is 0 Å². The molecule has 10 rings (SSSR count). The van der Waals surface area contributed by atoms with Gasteiger partial charge in [-0.2, -0.15) is 9.97 Å². The monoisotopic (exact) mass is 841 g/mol. The Morgan fingerprint density at radius 1 is 1.00 bits per heavy atom. The highest BCUT2D eigenvalue weighted by Gasteiger charge is 2.49. The van der Waals surface area contributed by atoms with Gasteiger partial charge in [0, 0.05) is 50.7 Å². The molecule has 0 spiro atoms. The summed E-state index contributed by atoms with van der Waals surface area (Å²) in [6, 6.07) is 5.11. The Kier molecular flexibility index (Phi) is 10.3. The van der Waals surface area contributed by atoms with Gasteiger partial charge in [-0.1, -0.05) is 6.07 Å². The molecular weight excluding hydrogens is 796 g/mol. The van der Waals surface area contributed by atoms with E-state index in [1.54, 1.807) is 11.8 Å². The second kappa shape index (κ2) is 15.4. The van der Waals surface area contributed by atoms with Crippen LogP contribution >= 0.6 is 0 Å². The van der Waals surface area contributed by atoms with Crippen LogP contribution in [0, 0.1) is 11.6 Å². The Balaban J connectivity index is 1.20. The van der Waals surface area contributed by atoms with E-state index in [0.29, 0.717) is 24.8 Å². The van der Waals surface area contributed by atoms with E-state index in [9.17, 15) is 22.8 Å². The predicted molar refractivity (Wildman–Crippen MR) is 208 cm³/mol. The van der Waals surface area contributed by atoms with Crippen molar-refractivity contribution in [3.05, 3.63) is 47.7 Å². The topological polar surface area (TPSA) is 122 Å². The molecule has 0 radical (unpaired) electrons. The zero-order valence-corrected chi connectivity index (χ0v) is 33.1. The number of halogens is 6. The average Bonchev–Trinajstić information content (AvgIpc) is 3.64. The van der Waals surface area contributed by atoms with E-state index in [2.05, 4.69) is 20.3 Å². The Morgan fingerprint density at radius 3 is 2.68 bits per heavy atom.